The zero-order valence-corrected chi connectivity index (χ0v) is 14.5. The molecule has 1 heterocycles. The molecule has 0 atom stereocenters. The van der Waals surface area contributed by atoms with E-state index in [-0.39, 0.29) is 16.3 Å². The highest BCUT2D eigenvalue weighted by Gasteiger charge is 2.34. The van der Waals surface area contributed by atoms with E-state index in [1.54, 1.807) is 0 Å². The standard InChI is InChI=1S/C15H12F3N5O3S/c1-26-14-7-6-10(8-13(14)23-9-19-21-22-23)27(24,25)20-12-5-3-2-4-11(12)15(16,17)18/h2-9,20H,1H3. The Balaban J connectivity index is 2.03. The maximum absolute atomic E-state index is 13.1. The molecule has 2 aromatic carbocycles. The highest BCUT2D eigenvalue weighted by molar-refractivity contribution is 7.92. The van der Waals surface area contributed by atoms with Gasteiger partial charge in [0.25, 0.3) is 10.0 Å². The summed E-state index contributed by atoms with van der Waals surface area (Å²) in [6, 6.07) is 8.03. The zero-order chi connectivity index (χ0) is 19.7. The number of rotatable bonds is 5. The molecular weight excluding hydrogens is 387 g/mol. The molecule has 0 amide bonds. The van der Waals surface area contributed by atoms with Gasteiger partial charge in [-0.15, -0.1) is 5.10 Å². The molecule has 0 aliphatic heterocycles. The first-order valence-electron chi connectivity index (χ1n) is 7.33. The van der Waals surface area contributed by atoms with Crippen molar-refractivity contribution in [3.05, 3.63) is 54.4 Å². The van der Waals surface area contributed by atoms with E-state index in [4.69, 9.17) is 4.74 Å². The van der Waals surface area contributed by atoms with Crippen molar-refractivity contribution in [1.29, 1.82) is 0 Å². The van der Waals surface area contributed by atoms with Crippen LogP contribution in [0.3, 0.4) is 0 Å². The Morgan fingerprint density at radius 3 is 2.52 bits per heavy atom. The quantitative estimate of drug-likeness (QED) is 0.708. The molecule has 12 heteroatoms. The van der Waals surface area contributed by atoms with E-state index in [0.717, 1.165) is 12.1 Å². The van der Waals surface area contributed by atoms with E-state index < -0.39 is 27.5 Å². The molecule has 142 valence electrons. The van der Waals surface area contributed by atoms with Crippen molar-refractivity contribution in [2.45, 2.75) is 11.1 Å². The van der Waals surface area contributed by atoms with Crippen LogP contribution in [-0.4, -0.2) is 35.7 Å². The van der Waals surface area contributed by atoms with E-state index in [1.807, 2.05) is 4.72 Å². The van der Waals surface area contributed by atoms with Crippen LogP contribution in [0.25, 0.3) is 5.69 Å². The number of nitrogens with one attached hydrogen (secondary N) is 1. The number of benzene rings is 2. The van der Waals surface area contributed by atoms with Gasteiger partial charge in [-0.3, -0.25) is 4.72 Å². The molecule has 8 nitrogen and oxygen atoms in total. The van der Waals surface area contributed by atoms with E-state index in [9.17, 15) is 21.6 Å². The Labute approximate surface area is 151 Å². The SMILES string of the molecule is COc1ccc(S(=O)(=O)Nc2ccccc2C(F)(F)F)cc1-n1cnnn1. The molecule has 0 spiro atoms. The molecule has 0 aliphatic carbocycles. The van der Waals surface area contributed by atoms with Gasteiger partial charge in [0.2, 0.25) is 0 Å². The fourth-order valence-corrected chi connectivity index (χ4v) is 3.41. The lowest BCUT2D eigenvalue weighted by Crippen LogP contribution is -2.17. The third-order valence-electron chi connectivity index (χ3n) is 3.53. The Morgan fingerprint density at radius 2 is 1.89 bits per heavy atom. The Morgan fingerprint density at radius 1 is 1.15 bits per heavy atom. The number of sulfonamides is 1. The van der Waals surface area contributed by atoms with Gasteiger partial charge in [-0.2, -0.15) is 17.9 Å². The molecule has 0 saturated carbocycles. The number of methoxy groups -OCH3 is 1. The molecule has 1 N–H and O–H groups in total. The number of hydrogen-bond donors (Lipinski definition) is 1. The van der Waals surface area contributed by atoms with Crippen molar-refractivity contribution in [3.63, 3.8) is 0 Å². The number of tetrazole rings is 1. The van der Waals surface area contributed by atoms with E-state index in [2.05, 4.69) is 15.5 Å². The van der Waals surface area contributed by atoms with Crippen LogP contribution in [0.1, 0.15) is 5.56 Å². The fraction of sp³-hybridized carbons (Fsp3) is 0.133. The summed E-state index contributed by atoms with van der Waals surface area (Å²) in [7, 11) is -2.95. The molecule has 0 unspecified atom stereocenters. The highest BCUT2D eigenvalue weighted by Crippen LogP contribution is 2.35. The van der Waals surface area contributed by atoms with Crippen LogP contribution in [0, 0.1) is 0 Å². The Kier molecular flexibility index (Phi) is 4.74. The molecule has 0 radical (unpaired) electrons. The number of ether oxygens (including phenoxy) is 1. The number of para-hydroxylation sites is 1. The van der Waals surface area contributed by atoms with Gasteiger partial charge in [-0.05, 0) is 40.8 Å². The molecule has 1 aromatic heterocycles. The van der Waals surface area contributed by atoms with Crippen molar-refractivity contribution in [3.8, 4) is 11.4 Å². The molecular formula is C15H12F3N5O3S. The first kappa shape index (κ1) is 18.6. The number of nitrogens with zero attached hydrogens (tertiary/aromatic N) is 4. The monoisotopic (exact) mass is 399 g/mol. The van der Waals surface area contributed by atoms with E-state index in [1.165, 1.54) is 48.5 Å². The van der Waals surface area contributed by atoms with Crippen molar-refractivity contribution in [2.75, 3.05) is 11.8 Å². The lowest BCUT2D eigenvalue weighted by molar-refractivity contribution is -0.136. The molecule has 0 fully saturated rings. The van der Waals surface area contributed by atoms with E-state index in [0.29, 0.717) is 0 Å². The van der Waals surface area contributed by atoms with Crippen LogP contribution in [0.5, 0.6) is 5.75 Å². The molecule has 0 saturated heterocycles. The molecule has 0 aliphatic rings. The second kappa shape index (κ2) is 6.87. The predicted molar refractivity (Wildman–Crippen MR) is 88.0 cm³/mol. The first-order valence-corrected chi connectivity index (χ1v) is 8.81. The zero-order valence-electron chi connectivity index (χ0n) is 13.7. The minimum absolute atomic E-state index is 0.203. The van der Waals surface area contributed by atoms with Crippen molar-refractivity contribution >= 4 is 15.7 Å². The largest absolute Gasteiger partial charge is 0.494 e. The number of halogens is 3. The van der Waals surface area contributed by atoms with Gasteiger partial charge in [0.15, 0.2) is 0 Å². The smallest absolute Gasteiger partial charge is 0.418 e. The van der Waals surface area contributed by atoms with Gasteiger partial charge in [0.1, 0.15) is 17.8 Å². The minimum Gasteiger partial charge on any atom is -0.494 e. The highest BCUT2D eigenvalue weighted by atomic mass is 32.2. The van der Waals surface area contributed by atoms with Gasteiger partial charge in [-0.1, -0.05) is 12.1 Å². The van der Waals surface area contributed by atoms with Gasteiger partial charge < -0.3 is 4.74 Å². The van der Waals surface area contributed by atoms with Crippen molar-refractivity contribution < 1.29 is 26.3 Å². The molecule has 27 heavy (non-hydrogen) atoms. The minimum atomic E-state index is -4.71. The predicted octanol–water partition coefficient (Wildman–Crippen LogP) is 2.49. The second-order valence-corrected chi connectivity index (χ2v) is 6.92. The lowest BCUT2D eigenvalue weighted by Gasteiger charge is -2.15. The number of alkyl halides is 3. The summed E-state index contributed by atoms with van der Waals surface area (Å²) >= 11 is 0. The summed E-state index contributed by atoms with van der Waals surface area (Å²) in [5.74, 6) is 0.275. The van der Waals surface area contributed by atoms with Crippen molar-refractivity contribution in [1.82, 2.24) is 20.2 Å². The van der Waals surface area contributed by atoms with Gasteiger partial charge in [0, 0.05) is 0 Å². The maximum atomic E-state index is 13.1. The number of anilines is 1. The van der Waals surface area contributed by atoms with Crippen LogP contribution >= 0.6 is 0 Å². The summed E-state index contributed by atoms with van der Waals surface area (Å²) in [5.41, 5.74) is -1.47. The van der Waals surface area contributed by atoms with Gasteiger partial charge in [-0.25, -0.2) is 8.42 Å². The molecule has 3 aromatic rings. The third-order valence-corrected chi connectivity index (χ3v) is 4.90. The summed E-state index contributed by atoms with van der Waals surface area (Å²) in [5, 5.41) is 10.6. The van der Waals surface area contributed by atoms with Crippen LogP contribution < -0.4 is 9.46 Å². The van der Waals surface area contributed by atoms with E-state index >= 15 is 0 Å². The van der Waals surface area contributed by atoms with Crippen LogP contribution in [0.4, 0.5) is 18.9 Å². The Bertz CT molecular complexity index is 1050. The normalized spacial score (nSPS) is 12.0. The average molecular weight is 399 g/mol. The number of aromatic nitrogens is 4. The summed E-state index contributed by atoms with van der Waals surface area (Å²) in [4.78, 5) is -0.286. The van der Waals surface area contributed by atoms with Gasteiger partial charge in [0.05, 0.1) is 23.3 Å². The molecule has 0 bridgehead atoms. The van der Waals surface area contributed by atoms with Crippen LogP contribution in [0.15, 0.2) is 53.7 Å². The summed E-state index contributed by atoms with van der Waals surface area (Å²) in [6.45, 7) is 0. The topological polar surface area (TPSA) is 99.0 Å². The maximum Gasteiger partial charge on any atom is 0.418 e. The number of hydrogen-bond acceptors (Lipinski definition) is 6. The third kappa shape index (κ3) is 3.84. The summed E-state index contributed by atoms with van der Waals surface area (Å²) in [6.07, 6.45) is -3.49. The van der Waals surface area contributed by atoms with Crippen LogP contribution in [0.2, 0.25) is 0 Å². The Hall–Kier alpha value is -3.15. The fourth-order valence-electron chi connectivity index (χ4n) is 2.31. The average Bonchev–Trinajstić information content (AvgIpc) is 3.15. The lowest BCUT2D eigenvalue weighted by atomic mass is 10.2. The first-order chi connectivity index (χ1) is 12.7. The second-order valence-electron chi connectivity index (χ2n) is 5.24. The van der Waals surface area contributed by atoms with Gasteiger partial charge >= 0.3 is 6.18 Å². The summed E-state index contributed by atoms with van der Waals surface area (Å²) < 4.78 is 72.8. The van der Waals surface area contributed by atoms with Crippen LogP contribution in [-0.2, 0) is 16.2 Å². The van der Waals surface area contributed by atoms with Crippen molar-refractivity contribution in [2.24, 2.45) is 0 Å². The molecule has 3 rings (SSSR count).